The maximum atomic E-state index is 5.56. The van der Waals surface area contributed by atoms with E-state index in [0.29, 0.717) is 12.7 Å². The molecule has 2 aromatic carbocycles. The maximum Gasteiger partial charge on any atom is 0.188 e. The van der Waals surface area contributed by atoms with Crippen LogP contribution < -0.4 is 14.8 Å². The van der Waals surface area contributed by atoms with Gasteiger partial charge in [-0.2, -0.15) is 0 Å². The summed E-state index contributed by atoms with van der Waals surface area (Å²) in [6.07, 6.45) is 3.28. The predicted molar refractivity (Wildman–Crippen MR) is 101 cm³/mol. The van der Waals surface area contributed by atoms with Crippen molar-refractivity contribution in [2.75, 3.05) is 32.9 Å². The van der Waals surface area contributed by atoms with Gasteiger partial charge in [0.15, 0.2) is 6.79 Å². The van der Waals surface area contributed by atoms with Gasteiger partial charge in [0.25, 0.3) is 0 Å². The van der Waals surface area contributed by atoms with E-state index >= 15 is 0 Å². The third-order valence-electron chi connectivity index (χ3n) is 4.82. The Morgan fingerprint density at radius 1 is 1.04 bits per heavy atom. The molecule has 4 nitrogen and oxygen atoms in total. The van der Waals surface area contributed by atoms with Crippen molar-refractivity contribution in [1.29, 1.82) is 0 Å². The highest BCUT2D eigenvalue weighted by molar-refractivity contribution is 5.57. The summed E-state index contributed by atoms with van der Waals surface area (Å²) in [5, 5.41) is 3.49. The van der Waals surface area contributed by atoms with Crippen molar-refractivity contribution >= 4 is 5.69 Å². The maximum absolute atomic E-state index is 5.56. The highest BCUT2D eigenvalue weighted by atomic mass is 16.7. The summed E-state index contributed by atoms with van der Waals surface area (Å²) in [6.45, 7) is 3.32. The number of benzene rings is 2. The first kappa shape index (κ1) is 17.6. The number of fused-ring (bicyclic) bond motifs is 1. The molecule has 0 fully saturated rings. The monoisotopic (exact) mass is 341 g/mol. The average molecular weight is 341 g/mol. The van der Waals surface area contributed by atoms with Crippen LogP contribution >= 0.6 is 0 Å². The highest BCUT2D eigenvalue weighted by Crippen LogP contribution is 2.38. The quantitative estimate of drug-likeness (QED) is 0.759. The van der Waals surface area contributed by atoms with Gasteiger partial charge in [0.05, 0.1) is 7.11 Å². The van der Waals surface area contributed by atoms with Crippen molar-refractivity contribution in [3.8, 4) is 11.5 Å². The zero-order chi connectivity index (χ0) is 17.6. The molecule has 1 N–H and O–H groups in total. The summed E-state index contributed by atoms with van der Waals surface area (Å²) in [5.74, 6) is 2.31. The lowest BCUT2D eigenvalue weighted by atomic mass is 9.79. The van der Waals surface area contributed by atoms with Gasteiger partial charge in [-0.05, 0) is 67.0 Å². The van der Waals surface area contributed by atoms with Crippen molar-refractivity contribution in [3.63, 3.8) is 0 Å². The van der Waals surface area contributed by atoms with Gasteiger partial charge in [-0.25, -0.2) is 0 Å². The second-order valence-corrected chi connectivity index (χ2v) is 6.40. The average Bonchev–Trinajstić information content (AvgIpc) is 2.66. The van der Waals surface area contributed by atoms with Gasteiger partial charge in [0.1, 0.15) is 11.5 Å². The first-order valence-electron chi connectivity index (χ1n) is 8.90. The summed E-state index contributed by atoms with van der Waals surface area (Å²) in [5.41, 5.74) is 5.38. The number of rotatable bonds is 7. The van der Waals surface area contributed by atoms with Gasteiger partial charge in [-0.3, -0.25) is 0 Å². The summed E-state index contributed by atoms with van der Waals surface area (Å²) in [6, 6.07) is 12.8. The number of anilines is 1. The molecule has 1 unspecified atom stereocenters. The molecule has 134 valence electrons. The number of hydrogen-bond acceptors (Lipinski definition) is 4. The van der Waals surface area contributed by atoms with E-state index in [4.69, 9.17) is 14.2 Å². The molecule has 2 aromatic rings. The topological polar surface area (TPSA) is 39.7 Å². The van der Waals surface area contributed by atoms with Crippen LogP contribution in [0, 0.1) is 0 Å². The van der Waals surface area contributed by atoms with E-state index < -0.39 is 0 Å². The summed E-state index contributed by atoms with van der Waals surface area (Å²) < 4.78 is 15.9. The predicted octanol–water partition coefficient (Wildman–Crippen LogP) is 4.38. The second kappa shape index (κ2) is 8.26. The zero-order valence-electron chi connectivity index (χ0n) is 15.3. The fraction of sp³-hybridized carbons (Fsp3) is 0.429. The number of aryl methyl sites for hydroxylation is 1. The fourth-order valence-electron chi connectivity index (χ4n) is 3.58. The molecular weight excluding hydrogens is 314 g/mol. The van der Waals surface area contributed by atoms with E-state index in [9.17, 15) is 0 Å². The largest absolute Gasteiger partial charge is 0.497 e. The van der Waals surface area contributed by atoms with E-state index in [-0.39, 0.29) is 0 Å². The van der Waals surface area contributed by atoms with Crippen LogP contribution in [0.15, 0.2) is 36.4 Å². The molecule has 0 aliphatic heterocycles. The molecule has 1 aliphatic rings. The van der Waals surface area contributed by atoms with Crippen LogP contribution in [0.25, 0.3) is 0 Å². The first-order valence-corrected chi connectivity index (χ1v) is 8.90. The van der Waals surface area contributed by atoms with Crippen molar-refractivity contribution in [2.24, 2.45) is 0 Å². The molecule has 0 heterocycles. The van der Waals surface area contributed by atoms with Gasteiger partial charge >= 0.3 is 0 Å². The van der Waals surface area contributed by atoms with Gasteiger partial charge in [0, 0.05) is 25.4 Å². The molecule has 0 saturated carbocycles. The lowest BCUT2D eigenvalue weighted by molar-refractivity contribution is 0.0510. The summed E-state index contributed by atoms with van der Waals surface area (Å²) >= 11 is 0. The SMILES string of the molecule is CCNc1cc(OC)ccc1C1CCc2cc(OCOC)ccc2C1. The summed E-state index contributed by atoms with van der Waals surface area (Å²) in [7, 11) is 3.35. The molecule has 0 bridgehead atoms. The Morgan fingerprint density at radius 3 is 2.64 bits per heavy atom. The third-order valence-corrected chi connectivity index (χ3v) is 4.82. The molecular formula is C21H27NO3. The molecule has 4 heteroatoms. The fourth-order valence-corrected chi connectivity index (χ4v) is 3.58. The second-order valence-electron chi connectivity index (χ2n) is 6.40. The molecule has 0 spiro atoms. The summed E-state index contributed by atoms with van der Waals surface area (Å²) in [4.78, 5) is 0. The van der Waals surface area contributed by atoms with Gasteiger partial charge in [0.2, 0.25) is 0 Å². The molecule has 0 amide bonds. The van der Waals surface area contributed by atoms with Crippen LogP contribution in [-0.2, 0) is 17.6 Å². The van der Waals surface area contributed by atoms with Crippen LogP contribution in [0.3, 0.4) is 0 Å². The Labute approximate surface area is 150 Å². The van der Waals surface area contributed by atoms with Gasteiger partial charge < -0.3 is 19.5 Å². The Balaban J connectivity index is 1.80. The van der Waals surface area contributed by atoms with Gasteiger partial charge in [-0.1, -0.05) is 12.1 Å². The van der Waals surface area contributed by atoms with E-state index in [1.165, 1.54) is 22.4 Å². The smallest absolute Gasteiger partial charge is 0.188 e. The Kier molecular flexibility index (Phi) is 5.82. The number of ether oxygens (including phenoxy) is 3. The molecule has 1 atom stereocenters. The van der Waals surface area contributed by atoms with E-state index in [1.807, 2.05) is 6.07 Å². The minimum Gasteiger partial charge on any atom is -0.497 e. The minimum absolute atomic E-state index is 0.291. The van der Waals surface area contributed by atoms with Crippen molar-refractivity contribution < 1.29 is 14.2 Å². The first-order chi connectivity index (χ1) is 12.2. The normalized spacial score (nSPS) is 16.2. The Morgan fingerprint density at radius 2 is 1.88 bits per heavy atom. The molecule has 1 aliphatic carbocycles. The molecule has 0 radical (unpaired) electrons. The number of hydrogen-bond donors (Lipinski definition) is 1. The lowest BCUT2D eigenvalue weighted by Gasteiger charge is -2.27. The van der Waals surface area contributed by atoms with Crippen molar-refractivity contribution in [1.82, 2.24) is 0 Å². The van der Waals surface area contributed by atoms with E-state index in [0.717, 1.165) is 37.3 Å². The highest BCUT2D eigenvalue weighted by Gasteiger charge is 2.23. The third kappa shape index (κ3) is 4.07. The molecule has 0 aromatic heterocycles. The van der Waals surface area contributed by atoms with E-state index in [2.05, 4.69) is 42.6 Å². The van der Waals surface area contributed by atoms with Crippen LogP contribution in [-0.4, -0.2) is 27.6 Å². The van der Waals surface area contributed by atoms with Crippen molar-refractivity contribution in [3.05, 3.63) is 53.1 Å². The minimum atomic E-state index is 0.291. The molecule has 3 rings (SSSR count). The number of nitrogens with one attached hydrogen (secondary N) is 1. The van der Waals surface area contributed by atoms with Crippen LogP contribution in [0.4, 0.5) is 5.69 Å². The zero-order valence-corrected chi connectivity index (χ0v) is 15.3. The lowest BCUT2D eigenvalue weighted by Crippen LogP contribution is -2.15. The number of methoxy groups -OCH3 is 2. The standard InChI is InChI=1S/C21H27NO3/c1-4-22-21-13-18(24-3)9-10-20(21)17-6-5-16-12-19(25-14-23-2)8-7-15(16)11-17/h7-10,12-13,17,22H,4-6,11,14H2,1-3H3. The van der Waals surface area contributed by atoms with Gasteiger partial charge in [-0.15, -0.1) is 0 Å². The Bertz CT molecular complexity index is 714. The van der Waals surface area contributed by atoms with Crippen LogP contribution in [0.5, 0.6) is 11.5 Å². The van der Waals surface area contributed by atoms with Crippen LogP contribution in [0.2, 0.25) is 0 Å². The van der Waals surface area contributed by atoms with E-state index in [1.54, 1.807) is 14.2 Å². The molecule has 25 heavy (non-hydrogen) atoms. The Hall–Kier alpha value is -2.20. The van der Waals surface area contributed by atoms with Crippen LogP contribution in [0.1, 0.15) is 36.0 Å². The molecule has 0 saturated heterocycles. The van der Waals surface area contributed by atoms with Crippen molar-refractivity contribution in [2.45, 2.75) is 32.1 Å².